The minimum atomic E-state index is 0.0715. The molecule has 0 aliphatic carbocycles. The lowest BCUT2D eigenvalue weighted by atomic mass is 10.3. The fourth-order valence-corrected chi connectivity index (χ4v) is 1.55. The van der Waals surface area contributed by atoms with Crippen LogP contribution in [0.2, 0.25) is 0 Å². The van der Waals surface area contributed by atoms with Crippen LogP contribution in [0.5, 0.6) is 11.6 Å². The highest BCUT2D eigenvalue weighted by molar-refractivity contribution is 5.52. The molecule has 19 heavy (non-hydrogen) atoms. The van der Waals surface area contributed by atoms with Crippen molar-refractivity contribution in [3.8, 4) is 11.6 Å². The minimum absolute atomic E-state index is 0.0715. The Morgan fingerprint density at radius 3 is 2.79 bits per heavy atom. The van der Waals surface area contributed by atoms with E-state index in [0.29, 0.717) is 12.4 Å². The van der Waals surface area contributed by atoms with Gasteiger partial charge in [-0.1, -0.05) is 0 Å². The van der Waals surface area contributed by atoms with Crippen molar-refractivity contribution in [1.82, 2.24) is 9.97 Å². The zero-order valence-corrected chi connectivity index (χ0v) is 11.0. The minimum Gasteiger partial charge on any atom is -0.506 e. The molecule has 2 aromatic rings. The first-order valence-electron chi connectivity index (χ1n) is 6.14. The number of anilines is 1. The van der Waals surface area contributed by atoms with Gasteiger partial charge in [0.15, 0.2) is 0 Å². The SMILES string of the molecule is CC(C)Oc1ncccc1NCc1ccc(O)cn1. The molecule has 2 N–H and O–H groups in total. The lowest BCUT2D eigenvalue weighted by molar-refractivity contribution is 0.234. The lowest BCUT2D eigenvalue weighted by Gasteiger charge is -2.13. The molecule has 2 rings (SSSR count). The van der Waals surface area contributed by atoms with E-state index in [4.69, 9.17) is 4.74 Å². The van der Waals surface area contributed by atoms with Gasteiger partial charge in [0.2, 0.25) is 5.88 Å². The molecule has 0 spiro atoms. The molecule has 0 bridgehead atoms. The molecule has 5 heteroatoms. The van der Waals surface area contributed by atoms with Crippen LogP contribution in [0.1, 0.15) is 19.5 Å². The van der Waals surface area contributed by atoms with Crippen LogP contribution >= 0.6 is 0 Å². The van der Waals surface area contributed by atoms with Crippen molar-refractivity contribution in [3.63, 3.8) is 0 Å². The highest BCUT2D eigenvalue weighted by Crippen LogP contribution is 2.22. The van der Waals surface area contributed by atoms with E-state index < -0.39 is 0 Å². The number of hydrogen-bond donors (Lipinski definition) is 2. The van der Waals surface area contributed by atoms with Gasteiger partial charge >= 0.3 is 0 Å². The first-order chi connectivity index (χ1) is 9.15. The Kier molecular flexibility index (Phi) is 4.18. The quantitative estimate of drug-likeness (QED) is 0.863. The number of nitrogens with zero attached hydrogens (tertiary/aromatic N) is 2. The Hall–Kier alpha value is -2.30. The first kappa shape index (κ1) is 13.1. The van der Waals surface area contributed by atoms with Gasteiger partial charge in [-0.25, -0.2) is 4.98 Å². The van der Waals surface area contributed by atoms with Crippen molar-refractivity contribution in [2.24, 2.45) is 0 Å². The van der Waals surface area contributed by atoms with E-state index in [0.717, 1.165) is 11.4 Å². The van der Waals surface area contributed by atoms with Gasteiger partial charge in [-0.2, -0.15) is 0 Å². The van der Waals surface area contributed by atoms with Gasteiger partial charge in [-0.05, 0) is 38.1 Å². The summed E-state index contributed by atoms with van der Waals surface area (Å²) in [7, 11) is 0. The second kappa shape index (κ2) is 6.04. The second-order valence-electron chi connectivity index (χ2n) is 4.38. The molecule has 0 atom stereocenters. The van der Waals surface area contributed by atoms with E-state index in [1.165, 1.54) is 6.20 Å². The Morgan fingerprint density at radius 2 is 2.11 bits per heavy atom. The van der Waals surface area contributed by atoms with Crippen molar-refractivity contribution < 1.29 is 9.84 Å². The number of rotatable bonds is 5. The van der Waals surface area contributed by atoms with E-state index in [-0.39, 0.29) is 11.9 Å². The molecule has 0 amide bonds. The summed E-state index contributed by atoms with van der Waals surface area (Å²) in [6.45, 7) is 4.46. The first-order valence-corrected chi connectivity index (χ1v) is 6.14. The molecule has 0 aromatic carbocycles. The molecule has 0 fully saturated rings. The molecule has 2 aromatic heterocycles. The third kappa shape index (κ3) is 3.84. The summed E-state index contributed by atoms with van der Waals surface area (Å²) in [5, 5.41) is 12.4. The molecule has 5 nitrogen and oxygen atoms in total. The van der Waals surface area contributed by atoms with Crippen LogP contribution < -0.4 is 10.1 Å². The zero-order valence-electron chi connectivity index (χ0n) is 11.0. The molecule has 0 aliphatic rings. The smallest absolute Gasteiger partial charge is 0.237 e. The van der Waals surface area contributed by atoms with Crippen LogP contribution in [-0.4, -0.2) is 21.2 Å². The molecule has 2 heterocycles. The molecular formula is C14H17N3O2. The summed E-state index contributed by atoms with van der Waals surface area (Å²) in [6, 6.07) is 7.13. The average molecular weight is 259 g/mol. The summed E-state index contributed by atoms with van der Waals surface area (Å²) >= 11 is 0. The maximum Gasteiger partial charge on any atom is 0.237 e. The predicted octanol–water partition coefficient (Wildman–Crippen LogP) is 2.58. The van der Waals surface area contributed by atoms with Gasteiger partial charge in [0.25, 0.3) is 0 Å². The molecule has 0 saturated carbocycles. The van der Waals surface area contributed by atoms with Gasteiger partial charge < -0.3 is 15.2 Å². The Balaban J connectivity index is 2.04. The van der Waals surface area contributed by atoms with Crippen molar-refractivity contribution in [1.29, 1.82) is 0 Å². The van der Waals surface area contributed by atoms with Gasteiger partial charge in [0.1, 0.15) is 5.75 Å². The van der Waals surface area contributed by atoms with Gasteiger partial charge in [-0.3, -0.25) is 4.98 Å². The van der Waals surface area contributed by atoms with Crippen LogP contribution in [0.4, 0.5) is 5.69 Å². The third-order valence-corrected chi connectivity index (χ3v) is 2.39. The van der Waals surface area contributed by atoms with E-state index in [1.807, 2.05) is 26.0 Å². The normalized spacial score (nSPS) is 10.5. The molecular weight excluding hydrogens is 242 g/mol. The number of aromatic hydroxyl groups is 1. The monoisotopic (exact) mass is 259 g/mol. The summed E-state index contributed by atoms with van der Waals surface area (Å²) in [4.78, 5) is 8.31. The summed E-state index contributed by atoms with van der Waals surface area (Å²) in [5.74, 6) is 0.741. The molecule has 0 aliphatic heterocycles. The van der Waals surface area contributed by atoms with Crippen LogP contribution in [0.3, 0.4) is 0 Å². The van der Waals surface area contributed by atoms with E-state index in [1.54, 1.807) is 18.3 Å². The lowest BCUT2D eigenvalue weighted by Crippen LogP contribution is -2.10. The van der Waals surface area contributed by atoms with E-state index in [9.17, 15) is 5.11 Å². The van der Waals surface area contributed by atoms with Crippen molar-refractivity contribution in [2.75, 3.05) is 5.32 Å². The predicted molar refractivity (Wildman–Crippen MR) is 73.2 cm³/mol. The Bertz CT molecular complexity index is 526. The maximum absolute atomic E-state index is 9.17. The van der Waals surface area contributed by atoms with Crippen LogP contribution in [0.15, 0.2) is 36.7 Å². The molecule has 0 saturated heterocycles. The van der Waals surface area contributed by atoms with Gasteiger partial charge in [0, 0.05) is 6.20 Å². The number of pyridine rings is 2. The van der Waals surface area contributed by atoms with Crippen molar-refractivity contribution in [2.45, 2.75) is 26.5 Å². The topological polar surface area (TPSA) is 67.3 Å². The van der Waals surface area contributed by atoms with Crippen molar-refractivity contribution >= 4 is 5.69 Å². The molecule has 100 valence electrons. The Morgan fingerprint density at radius 1 is 1.26 bits per heavy atom. The van der Waals surface area contributed by atoms with Crippen LogP contribution in [0, 0.1) is 0 Å². The van der Waals surface area contributed by atoms with Gasteiger partial charge in [0.05, 0.1) is 30.2 Å². The Labute approximate surface area is 112 Å². The highest BCUT2D eigenvalue weighted by atomic mass is 16.5. The maximum atomic E-state index is 9.17. The standard InChI is InChI=1S/C14H17N3O2/c1-10(2)19-14-13(4-3-7-15-14)17-8-11-5-6-12(18)9-16-11/h3-7,9-10,17-18H,8H2,1-2H3. The largest absolute Gasteiger partial charge is 0.506 e. The second-order valence-corrected chi connectivity index (χ2v) is 4.38. The molecule has 0 unspecified atom stereocenters. The summed E-state index contributed by atoms with van der Waals surface area (Å²) < 4.78 is 5.62. The molecule has 0 radical (unpaired) electrons. The average Bonchev–Trinajstić information content (AvgIpc) is 2.39. The number of nitrogens with one attached hydrogen (secondary N) is 1. The van der Waals surface area contributed by atoms with Gasteiger partial charge in [-0.15, -0.1) is 0 Å². The summed E-state index contributed by atoms with van der Waals surface area (Å²) in [6.07, 6.45) is 3.19. The highest BCUT2D eigenvalue weighted by Gasteiger charge is 2.06. The number of hydrogen-bond acceptors (Lipinski definition) is 5. The fourth-order valence-electron chi connectivity index (χ4n) is 1.55. The van der Waals surface area contributed by atoms with E-state index in [2.05, 4.69) is 15.3 Å². The zero-order chi connectivity index (χ0) is 13.7. The number of aromatic nitrogens is 2. The number of ether oxygens (including phenoxy) is 1. The van der Waals surface area contributed by atoms with Crippen molar-refractivity contribution in [3.05, 3.63) is 42.4 Å². The van der Waals surface area contributed by atoms with E-state index >= 15 is 0 Å². The fraction of sp³-hybridized carbons (Fsp3) is 0.286. The van der Waals surface area contributed by atoms with Crippen LogP contribution in [-0.2, 0) is 6.54 Å². The third-order valence-electron chi connectivity index (χ3n) is 2.39. The van der Waals surface area contributed by atoms with Crippen LogP contribution in [0.25, 0.3) is 0 Å². The summed E-state index contributed by atoms with van der Waals surface area (Å²) in [5.41, 5.74) is 1.66.